The predicted octanol–water partition coefficient (Wildman–Crippen LogP) is 4.95. The minimum atomic E-state index is -1.05. The lowest BCUT2D eigenvalue weighted by Gasteiger charge is -2.44. The van der Waals surface area contributed by atoms with Crippen LogP contribution >= 0.6 is 0 Å². The summed E-state index contributed by atoms with van der Waals surface area (Å²) in [5.74, 6) is 2.11. The van der Waals surface area contributed by atoms with Gasteiger partial charge in [-0.3, -0.25) is 4.79 Å². The minimum absolute atomic E-state index is 0.0123. The maximum Gasteiger partial charge on any atom is 0.309 e. The first-order valence-electron chi connectivity index (χ1n) is 10.9. The smallest absolute Gasteiger partial charge is 0.309 e. The van der Waals surface area contributed by atoms with Gasteiger partial charge in [-0.25, -0.2) is 0 Å². The zero-order chi connectivity index (χ0) is 20.0. The molecule has 3 fully saturated rings. The van der Waals surface area contributed by atoms with Gasteiger partial charge in [0.15, 0.2) is 0 Å². The molecule has 0 aromatic carbocycles. The fraction of sp³-hybridized carbons (Fsp3) is 0.955. The first-order chi connectivity index (χ1) is 12.5. The van der Waals surface area contributed by atoms with Crippen LogP contribution in [0, 0.1) is 35.0 Å². The van der Waals surface area contributed by atoms with Crippen LogP contribution < -0.4 is 0 Å². The standard InChI is InChI=1S/C22H40O4Si/c1-14(2)20-17-10-18-16(15(3)21(23)26-18)11-22(17,4)12-19(20)25-13-24-8-9-27(5,6)7/h14-20H,8-13H2,1-7H3/t15-,16-,17+,18-,19-,20-,22+/m0/s1. The summed E-state index contributed by atoms with van der Waals surface area (Å²) in [6.07, 6.45) is 3.57. The lowest BCUT2D eigenvalue weighted by atomic mass is 9.60. The fourth-order valence-electron chi connectivity index (χ4n) is 5.94. The summed E-state index contributed by atoms with van der Waals surface area (Å²) in [6, 6.07) is 1.18. The maximum atomic E-state index is 12.1. The highest BCUT2D eigenvalue weighted by Gasteiger charge is 2.60. The van der Waals surface area contributed by atoms with Gasteiger partial charge in [-0.2, -0.15) is 0 Å². The molecule has 1 aliphatic heterocycles. The van der Waals surface area contributed by atoms with Gasteiger partial charge in [-0.05, 0) is 48.5 Å². The van der Waals surface area contributed by atoms with Crippen LogP contribution in [-0.2, 0) is 19.0 Å². The number of carbonyl (C=O) groups excluding carboxylic acids is 1. The normalized spacial score (nSPS) is 41.6. The monoisotopic (exact) mass is 396 g/mol. The molecular formula is C22H40O4Si. The van der Waals surface area contributed by atoms with E-state index in [0.717, 1.165) is 25.9 Å². The number of fused-ring (bicyclic) bond motifs is 2. The van der Waals surface area contributed by atoms with Crippen molar-refractivity contribution in [3.8, 4) is 0 Å². The van der Waals surface area contributed by atoms with Gasteiger partial charge in [0.2, 0.25) is 0 Å². The van der Waals surface area contributed by atoms with Crippen LogP contribution in [0.4, 0.5) is 0 Å². The Hall–Kier alpha value is -0.393. The number of ether oxygens (including phenoxy) is 3. The van der Waals surface area contributed by atoms with Crippen molar-refractivity contribution in [1.82, 2.24) is 0 Å². The average Bonchev–Trinajstić information content (AvgIpc) is 2.97. The van der Waals surface area contributed by atoms with Crippen LogP contribution in [0.15, 0.2) is 0 Å². The number of rotatable bonds is 7. The molecule has 1 heterocycles. The molecule has 3 aliphatic rings. The molecule has 4 nitrogen and oxygen atoms in total. The minimum Gasteiger partial charge on any atom is -0.462 e. The second-order valence-corrected chi connectivity index (χ2v) is 16.8. The van der Waals surface area contributed by atoms with Crippen LogP contribution in [0.1, 0.15) is 47.0 Å². The van der Waals surface area contributed by atoms with Crippen LogP contribution in [0.3, 0.4) is 0 Å². The molecule has 0 unspecified atom stereocenters. The average molecular weight is 397 g/mol. The van der Waals surface area contributed by atoms with Gasteiger partial charge in [-0.1, -0.05) is 47.3 Å². The highest BCUT2D eigenvalue weighted by molar-refractivity contribution is 6.76. The zero-order valence-electron chi connectivity index (χ0n) is 18.4. The van der Waals surface area contributed by atoms with Gasteiger partial charge in [-0.15, -0.1) is 0 Å². The van der Waals surface area contributed by atoms with E-state index < -0.39 is 8.07 Å². The molecule has 3 rings (SSSR count). The second-order valence-electron chi connectivity index (χ2n) is 11.2. The van der Waals surface area contributed by atoms with E-state index in [0.29, 0.717) is 30.5 Å². The quantitative estimate of drug-likeness (QED) is 0.264. The molecule has 2 aliphatic carbocycles. The van der Waals surface area contributed by atoms with Crippen molar-refractivity contribution in [2.45, 2.75) is 84.9 Å². The molecule has 1 saturated heterocycles. The molecule has 7 atom stereocenters. The van der Waals surface area contributed by atoms with E-state index in [1.54, 1.807) is 0 Å². The Kier molecular flexibility index (Phi) is 6.15. The van der Waals surface area contributed by atoms with Gasteiger partial charge >= 0.3 is 5.97 Å². The van der Waals surface area contributed by atoms with Gasteiger partial charge in [0.1, 0.15) is 12.9 Å². The van der Waals surface area contributed by atoms with Gasteiger partial charge in [0.05, 0.1) is 12.0 Å². The van der Waals surface area contributed by atoms with Crippen molar-refractivity contribution >= 4 is 14.0 Å². The molecule has 0 amide bonds. The van der Waals surface area contributed by atoms with E-state index in [1.165, 1.54) is 6.04 Å². The second kappa shape index (κ2) is 7.79. The van der Waals surface area contributed by atoms with E-state index in [-0.39, 0.29) is 29.5 Å². The molecule has 0 radical (unpaired) electrons. The molecule has 0 spiro atoms. The molecule has 0 bridgehead atoms. The fourth-order valence-corrected chi connectivity index (χ4v) is 6.70. The van der Waals surface area contributed by atoms with Crippen molar-refractivity contribution in [3.05, 3.63) is 0 Å². The lowest BCUT2D eigenvalue weighted by Crippen LogP contribution is -2.41. The molecule has 2 saturated carbocycles. The first kappa shape index (κ1) is 21.3. The van der Waals surface area contributed by atoms with E-state index >= 15 is 0 Å². The Balaban J connectivity index is 1.62. The summed E-state index contributed by atoms with van der Waals surface area (Å²) in [5.41, 5.74) is 0.251. The van der Waals surface area contributed by atoms with Gasteiger partial charge in [0, 0.05) is 20.6 Å². The van der Waals surface area contributed by atoms with Crippen molar-refractivity contribution in [3.63, 3.8) is 0 Å². The number of esters is 1. The van der Waals surface area contributed by atoms with Gasteiger partial charge in [0.25, 0.3) is 0 Å². The van der Waals surface area contributed by atoms with Crippen LogP contribution in [0.5, 0.6) is 0 Å². The summed E-state index contributed by atoms with van der Waals surface area (Å²) in [5, 5.41) is 0. The van der Waals surface area contributed by atoms with Crippen molar-refractivity contribution in [2.75, 3.05) is 13.4 Å². The van der Waals surface area contributed by atoms with Crippen LogP contribution in [0.25, 0.3) is 0 Å². The molecule has 27 heavy (non-hydrogen) atoms. The summed E-state index contributed by atoms with van der Waals surface area (Å²) in [6.45, 7) is 17.5. The van der Waals surface area contributed by atoms with E-state index in [9.17, 15) is 4.79 Å². The summed E-state index contributed by atoms with van der Waals surface area (Å²) >= 11 is 0. The molecule has 5 heteroatoms. The Morgan fingerprint density at radius 3 is 2.59 bits per heavy atom. The largest absolute Gasteiger partial charge is 0.462 e. The van der Waals surface area contributed by atoms with Crippen LogP contribution in [0.2, 0.25) is 25.7 Å². The van der Waals surface area contributed by atoms with Crippen LogP contribution in [-0.4, -0.2) is 39.7 Å². The molecular weight excluding hydrogens is 356 g/mol. The van der Waals surface area contributed by atoms with Gasteiger partial charge < -0.3 is 14.2 Å². The predicted molar refractivity (Wildman–Crippen MR) is 110 cm³/mol. The number of hydrogen-bond acceptors (Lipinski definition) is 4. The Morgan fingerprint density at radius 1 is 1.26 bits per heavy atom. The highest BCUT2D eigenvalue weighted by Crippen LogP contribution is 2.61. The molecule has 0 aromatic rings. The Bertz CT molecular complexity index is 543. The third kappa shape index (κ3) is 4.45. The Morgan fingerprint density at radius 2 is 1.96 bits per heavy atom. The lowest BCUT2D eigenvalue weighted by molar-refractivity contribution is -0.145. The number of carbonyl (C=O) groups is 1. The zero-order valence-corrected chi connectivity index (χ0v) is 19.4. The topological polar surface area (TPSA) is 44.8 Å². The third-order valence-electron chi connectivity index (χ3n) is 7.54. The van der Waals surface area contributed by atoms with Crippen molar-refractivity contribution in [2.24, 2.45) is 35.0 Å². The molecule has 156 valence electrons. The first-order valence-corrected chi connectivity index (χ1v) is 14.6. The third-order valence-corrected chi connectivity index (χ3v) is 9.24. The van der Waals surface area contributed by atoms with Crippen molar-refractivity contribution in [1.29, 1.82) is 0 Å². The maximum absolute atomic E-state index is 12.1. The SMILES string of the molecule is CC(C)[C@@H]1[C@@H](OCOCC[Si](C)(C)C)C[C@@]2(C)C[C@@H]3[C@H](C[C@H]12)OC(=O)[C@H]3C. The molecule has 0 aromatic heterocycles. The number of hydrogen-bond donors (Lipinski definition) is 0. The van der Waals surface area contributed by atoms with Crippen molar-refractivity contribution < 1.29 is 19.0 Å². The summed E-state index contributed by atoms with van der Waals surface area (Å²) in [7, 11) is -1.05. The van der Waals surface area contributed by atoms with E-state index in [2.05, 4.69) is 40.4 Å². The Labute approximate surface area is 166 Å². The van der Waals surface area contributed by atoms with E-state index in [1.807, 2.05) is 6.92 Å². The highest BCUT2D eigenvalue weighted by atomic mass is 28.3. The van der Waals surface area contributed by atoms with E-state index in [4.69, 9.17) is 14.2 Å². The summed E-state index contributed by atoms with van der Waals surface area (Å²) in [4.78, 5) is 12.1. The summed E-state index contributed by atoms with van der Waals surface area (Å²) < 4.78 is 17.9. The molecule has 0 N–H and O–H groups in total.